The second kappa shape index (κ2) is 4.47. The van der Waals surface area contributed by atoms with Gasteiger partial charge in [-0.15, -0.1) is 0 Å². The number of urea groups is 1. The van der Waals surface area contributed by atoms with Crippen molar-refractivity contribution in [1.82, 2.24) is 5.32 Å². The Morgan fingerprint density at radius 3 is 2.54 bits per heavy atom. The number of aryl methyl sites for hydroxylation is 1. The first-order valence-electron chi connectivity index (χ1n) is 4.04. The van der Waals surface area contributed by atoms with Crippen molar-refractivity contribution in [3.63, 3.8) is 0 Å². The molecule has 0 aliphatic rings. The highest BCUT2D eigenvalue weighted by molar-refractivity contribution is 5.89. The maximum absolute atomic E-state index is 11.0. The zero-order chi connectivity index (χ0) is 9.68. The van der Waals surface area contributed by atoms with Gasteiger partial charge in [0.15, 0.2) is 0 Å². The van der Waals surface area contributed by atoms with E-state index in [1.165, 1.54) is 0 Å². The molecule has 0 saturated heterocycles. The van der Waals surface area contributed by atoms with E-state index in [0.717, 1.165) is 11.3 Å². The number of nitrogens with one attached hydrogen (secondary N) is 2. The maximum atomic E-state index is 11.0. The van der Waals surface area contributed by atoms with E-state index in [9.17, 15) is 4.79 Å². The first-order chi connectivity index (χ1) is 6.22. The van der Waals surface area contributed by atoms with Crippen LogP contribution in [0.5, 0.6) is 0 Å². The zero-order valence-electron chi connectivity index (χ0n) is 7.50. The smallest absolute Gasteiger partial charge is 0.320 e. The molecule has 0 heterocycles. The number of carbonyl (C=O) groups excluding carboxylic acids is 1. The molecule has 0 saturated carbocycles. The zero-order valence-corrected chi connectivity index (χ0v) is 7.50. The molecule has 0 fully saturated rings. The van der Waals surface area contributed by atoms with Crippen molar-refractivity contribution in [2.24, 2.45) is 5.73 Å². The van der Waals surface area contributed by atoms with Crippen LogP contribution in [0, 0.1) is 6.92 Å². The second-order valence-electron chi connectivity index (χ2n) is 2.70. The Hall–Kier alpha value is -1.55. The molecule has 0 spiro atoms. The van der Waals surface area contributed by atoms with Gasteiger partial charge in [0.1, 0.15) is 0 Å². The Balaban J connectivity index is 2.54. The van der Waals surface area contributed by atoms with Crippen molar-refractivity contribution in [3.8, 4) is 0 Å². The molecule has 0 atom stereocenters. The molecule has 1 aromatic rings. The Kier molecular flexibility index (Phi) is 3.28. The predicted octanol–water partition coefficient (Wildman–Crippen LogP) is 1.03. The number of amides is 2. The van der Waals surface area contributed by atoms with E-state index in [-0.39, 0.29) is 12.7 Å². The molecule has 0 bridgehead atoms. The molecule has 13 heavy (non-hydrogen) atoms. The summed E-state index contributed by atoms with van der Waals surface area (Å²) in [7, 11) is 0. The minimum atomic E-state index is -0.286. The molecule has 0 radical (unpaired) electrons. The van der Waals surface area contributed by atoms with Gasteiger partial charge in [-0.3, -0.25) is 0 Å². The largest absolute Gasteiger partial charge is 0.326 e. The third-order valence-corrected chi connectivity index (χ3v) is 1.57. The van der Waals surface area contributed by atoms with E-state index in [4.69, 9.17) is 5.73 Å². The summed E-state index contributed by atoms with van der Waals surface area (Å²) in [5.41, 5.74) is 7.05. The number of carbonyl (C=O) groups is 1. The first kappa shape index (κ1) is 9.54. The van der Waals surface area contributed by atoms with Gasteiger partial charge >= 0.3 is 6.03 Å². The third kappa shape index (κ3) is 3.13. The molecule has 0 aliphatic heterocycles. The molecule has 4 heteroatoms. The van der Waals surface area contributed by atoms with Gasteiger partial charge in [0.05, 0.1) is 6.67 Å². The van der Waals surface area contributed by atoms with Crippen LogP contribution in [0.3, 0.4) is 0 Å². The Morgan fingerprint density at radius 2 is 2.00 bits per heavy atom. The summed E-state index contributed by atoms with van der Waals surface area (Å²) in [4.78, 5) is 11.0. The Labute approximate surface area is 77.1 Å². The molecular weight excluding hydrogens is 166 g/mol. The van der Waals surface area contributed by atoms with Crippen molar-refractivity contribution in [1.29, 1.82) is 0 Å². The molecule has 0 unspecified atom stereocenters. The van der Waals surface area contributed by atoms with Crippen LogP contribution in [-0.4, -0.2) is 12.7 Å². The average Bonchev–Trinajstić information content (AvgIpc) is 2.09. The van der Waals surface area contributed by atoms with E-state index >= 15 is 0 Å². The fourth-order valence-electron chi connectivity index (χ4n) is 0.905. The van der Waals surface area contributed by atoms with Crippen molar-refractivity contribution < 1.29 is 4.79 Å². The number of anilines is 1. The predicted molar refractivity (Wildman–Crippen MR) is 52.4 cm³/mol. The molecule has 4 N–H and O–H groups in total. The average molecular weight is 179 g/mol. The van der Waals surface area contributed by atoms with E-state index < -0.39 is 0 Å². The van der Waals surface area contributed by atoms with Crippen molar-refractivity contribution in [2.75, 3.05) is 12.0 Å². The molecular formula is C9H13N3O. The Bertz CT molecular complexity index is 281. The van der Waals surface area contributed by atoms with E-state index in [0.29, 0.717) is 0 Å². The summed E-state index contributed by atoms with van der Waals surface area (Å²) in [6.07, 6.45) is 0. The number of rotatable bonds is 2. The Morgan fingerprint density at radius 1 is 1.38 bits per heavy atom. The summed E-state index contributed by atoms with van der Waals surface area (Å²) in [5.74, 6) is 0. The molecule has 2 amide bonds. The normalized spacial score (nSPS) is 9.38. The minimum absolute atomic E-state index is 0.137. The topological polar surface area (TPSA) is 67.2 Å². The minimum Gasteiger partial charge on any atom is -0.326 e. The number of hydrogen-bond donors (Lipinski definition) is 3. The quantitative estimate of drug-likeness (QED) is 0.594. The molecule has 0 aliphatic carbocycles. The van der Waals surface area contributed by atoms with Gasteiger partial charge < -0.3 is 16.4 Å². The van der Waals surface area contributed by atoms with Crippen LogP contribution in [-0.2, 0) is 0 Å². The number of benzene rings is 1. The van der Waals surface area contributed by atoms with Crippen LogP contribution < -0.4 is 16.4 Å². The third-order valence-electron chi connectivity index (χ3n) is 1.57. The van der Waals surface area contributed by atoms with Crippen LogP contribution in [0.2, 0.25) is 0 Å². The van der Waals surface area contributed by atoms with Gasteiger partial charge in [-0.25, -0.2) is 4.79 Å². The molecule has 70 valence electrons. The molecule has 1 rings (SSSR count). The molecule has 1 aromatic carbocycles. The van der Waals surface area contributed by atoms with Crippen molar-refractivity contribution in [2.45, 2.75) is 6.92 Å². The van der Waals surface area contributed by atoms with E-state index in [2.05, 4.69) is 10.6 Å². The fourth-order valence-corrected chi connectivity index (χ4v) is 0.905. The van der Waals surface area contributed by atoms with Crippen LogP contribution in [0.25, 0.3) is 0 Å². The van der Waals surface area contributed by atoms with Gasteiger partial charge in [0.2, 0.25) is 0 Å². The monoisotopic (exact) mass is 179 g/mol. The molecule has 4 nitrogen and oxygen atoms in total. The highest BCUT2D eigenvalue weighted by Crippen LogP contribution is 2.07. The summed E-state index contributed by atoms with van der Waals surface area (Å²) in [6, 6.07) is 7.25. The highest BCUT2D eigenvalue weighted by Gasteiger charge is 1.97. The lowest BCUT2D eigenvalue weighted by Crippen LogP contribution is -2.33. The second-order valence-corrected chi connectivity index (χ2v) is 2.70. The summed E-state index contributed by atoms with van der Waals surface area (Å²) in [5, 5.41) is 5.08. The van der Waals surface area contributed by atoms with Gasteiger partial charge in [-0.05, 0) is 19.1 Å². The summed E-state index contributed by atoms with van der Waals surface area (Å²) in [6.45, 7) is 2.13. The van der Waals surface area contributed by atoms with Crippen LogP contribution in [0.4, 0.5) is 10.5 Å². The summed E-state index contributed by atoms with van der Waals surface area (Å²) >= 11 is 0. The SMILES string of the molecule is Cc1ccc(NC(=O)NCN)cc1. The van der Waals surface area contributed by atoms with Crippen LogP contribution in [0.15, 0.2) is 24.3 Å². The van der Waals surface area contributed by atoms with Gasteiger partial charge in [-0.1, -0.05) is 17.7 Å². The standard InChI is InChI=1S/C9H13N3O/c1-7-2-4-8(5-3-7)12-9(13)11-6-10/h2-5H,6,10H2,1H3,(H2,11,12,13). The summed E-state index contributed by atoms with van der Waals surface area (Å²) < 4.78 is 0. The maximum Gasteiger partial charge on any atom is 0.320 e. The van der Waals surface area contributed by atoms with Gasteiger partial charge in [0, 0.05) is 5.69 Å². The van der Waals surface area contributed by atoms with E-state index in [1.54, 1.807) is 0 Å². The van der Waals surface area contributed by atoms with E-state index in [1.807, 2.05) is 31.2 Å². The van der Waals surface area contributed by atoms with Gasteiger partial charge in [0.25, 0.3) is 0 Å². The molecule has 0 aromatic heterocycles. The van der Waals surface area contributed by atoms with Crippen molar-refractivity contribution in [3.05, 3.63) is 29.8 Å². The fraction of sp³-hybridized carbons (Fsp3) is 0.222. The van der Waals surface area contributed by atoms with Crippen molar-refractivity contribution >= 4 is 11.7 Å². The lowest BCUT2D eigenvalue weighted by atomic mass is 10.2. The van der Waals surface area contributed by atoms with Crippen LogP contribution in [0.1, 0.15) is 5.56 Å². The van der Waals surface area contributed by atoms with Crippen LogP contribution >= 0.6 is 0 Å². The first-order valence-corrected chi connectivity index (χ1v) is 4.04. The highest BCUT2D eigenvalue weighted by atomic mass is 16.2. The number of nitrogens with two attached hydrogens (primary N) is 1. The number of hydrogen-bond acceptors (Lipinski definition) is 2. The van der Waals surface area contributed by atoms with Gasteiger partial charge in [-0.2, -0.15) is 0 Å². The lowest BCUT2D eigenvalue weighted by molar-refractivity contribution is 0.252. The lowest BCUT2D eigenvalue weighted by Gasteiger charge is -2.05.